The lowest BCUT2D eigenvalue weighted by Crippen LogP contribution is -2.31. The van der Waals surface area contributed by atoms with Crippen molar-refractivity contribution in [2.45, 2.75) is 19.8 Å². The van der Waals surface area contributed by atoms with E-state index in [9.17, 15) is 9.59 Å². The number of hydrogen-bond donors (Lipinski definition) is 2. The van der Waals surface area contributed by atoms with Crippen molar-refractivity contribution >= 4 is 11.9 Å². The second kappa shape index (κ2) is 7.54. The van der Waals surface area contributed by atoms with Crippen molar-refractivity contribution in [3.8, 4) is 0 Å². The highest BCUT2D eigenvalue weighted by Gasteiger charge is 2.08. The zero-order chi connectivity index (χ0) is 10.1. The molecule has 0 aromatic heterocycles. The molecule has 2 N–H and O–H groups in total. The zero-order valence-electron chi connectivity index (χ0n) is 7.71. The Hall–Kier alpha value is -1.10. The maximum atomic E-state index is 10.5. The van der Waals surface area contributed by atoms with Crippen LogP contribution in [0.1, 0.15) is 19.8 Å². The molecule has 0 aromatic carbocycles. The second-order valence-corrected chi connectivity index (χ2v) is 2.53. The van der Waals surface area contributed by atoms with E-state index in [1.54, 1.807) is 0 Å². The maximum Gasteiger partial charge on any atom is 0.394 e. The molecule has 0 aliphatic heterocycles. The Morgan fingerprint density at radius 1 is 1.38 bits per heavy atom. The largest absolute Gasteiger partial charge is 0.474 e. The van der Waals surface area contributed by atoms with E-state index in [4.69, 9.17) is 9.84 Å². The Morgan fingerprint density at radius 2 is 2.08 bits per heavy atom. The highest BCUT2D eigenvalue weighted by Crippen LogP contribution is 1.83. The first-order valence-corrected chi connectivity index (χ1v) is 4.27. The Labute approximate surface area is 77.1 Å². The summed E-state index contributed by atoms with van der Waals surface area (Å²) in [5.74, 6) is -2.41. The van der Waals surface area contributed by atoms with E-state index in [0.717, 1.165) is 6.42 Å². The molecular formula is C8H15NO4. The molecule has 0 radical (unpaired) electrons. The number of rotatable bonds is 6. The summed E-state index contributed by atoms with van der Waals surface area (Å²) in [5, 5.41) is 10.4. The number of carboxylic acids is 1. The van der Waals surface area contributed by atoms with Crippen LogP contribution in [0.2, 0.25) is 0 Å². The number of aliphatic carboxylic acids is 1. The van der Waals surface area contributed by atoms with Crippen molar-refractivity contribution in [3.05, 3.63) is 0 Å². The molecule has 0 saturated carbocycles. The third-order valence-electron chi connectivity index (χ3n) is 1.29. The SMILES string of the molecule is CCCOCCCNC(=O)C(=O)O. The summed E-state index contributed by atoms with van der Waals surface area (Å²) in [4.78, 5) is 20.5. The van der Waals surface area contributed by atoms with Crippen LogP contribution in [0, 0.1) is 0 Å². The van der Waals surface area contributed by atoms with Crippen LogP contribution in [0.5, 0.6) is 0 Å². The molecule has 0 bridgehead atoms. The van der Waals surface area contributed by atoms with Crippen LogP contribution in [0.15, 0.2) is 0 Å². The van der Waals surface area contributed by atoms with E-state index in [2.05, 4.69) is 5.32 Å². The zero-order valence-corrected chi connectivity index (χ0v) is 7.71. The molecule has 0 unspecified atom stereocenters. The van der Waals surface area contributed by atoms with Gasteiger partial charge < -0.3 is 15.2 Å². The fourth-order valence-corrected chi connectivity index (χ4v) is 0.698. The van der Waals surface area contributed by atoms with Crippen molar-refractivity contribution in [1.82, 2.24) is 5.32 Å². The second-order valence-electron chi connectivity index (χ2n) is 2.53. The fourth-order valence-electron chi connectivity index (χ4n) is 0.698. The van der Waals surface area contributed by atoms with Crippen molar-refractivity contribution in [2.75, 3.05) is 19.8 Å². The molecule has 0 spiro atoms. The number of amides is 1. The smallest absolute Gasteiger partial charge is 0.394 e. The summed E-state index contributed by atoms with van der Waals surface area (Å²) in [7, 11) is 0. The predicted molar refractivity (Wildman–Crippen MR) is 46.4 cm³/mol. The summed E-state index contributed by atoms with van der Waals surface area (Å²) >= 11 is 0. The Morgan fingerprint density at radius 3 is 2.62 bits per heavy atom. The minimum atomic E-state index is -1.45. The first-order chi connectivity index (χ1) is 6.18. The Balaban J connectivity index is 3.16. The number of hydrogen-bond acceptors (Lipinski definition) is 3. The van der Waals surface area contributed by atoms with Gasteiger partial charge in [0.05, 0.1) is 0 Å². The van der Waals surface area contributed by atoms with Gasteiger partial charge in [-0.15, -0.1) is 0 Å². The molecule has 0 rings (SSSR count). The van der Waals surface area contributed by atoms with Gasteiger partial charge in [0, 0.05) is 19.8 Å². The standard InChI is InChI=1S/C8H15NO4/c1-2-5-13-6-3-4-9-7(10)8(11)12/h2-6H2,1H3,(H,9,10)(H,11,12). The summed E-state index contributed by atoms with van der Waals surface area (Å²) in [6, 6.07) is 0. The fraction of sp³-hybridized carbons (Fsp3) is 0.750. The van der Waals surface area contributed by atoms with Crippen molar-refractivity contribution in [1.29, 1.82) is 0 Å². The van der Waals surface area contributed by atoms with Crippen LogP contribution >= 0.6 is 0 Å². The summed E-state index contributed by atoms with van der Waals surface area (Å²) in [6.07, 6.45) is 1.60. The lowest BCUT2D eigenvalue weighted by molar-refractivity contribution is -0.150. The third-order valence-corrected chi connectivity index (χ3v) is 1.29. The molecule has 0 aromatic rings. The molecule has 0 aliphatic rings. The molecule has 0 heterocycles. The molecule has 0 saturated heterocycles. The summed E-state index contributed by atoms with van der Waals surface area (Å²) in [6.45, 7) is 3.60. The number of ether oxygens (including phenoxy) is 1. The number of carbonyl (C=O) groups excluding carboxylic acids is 1. The monoisotopic (exact) mass is 189 g/mol. The van der Waals surface area contributed by atoms with Gasteiger partial charge in [-0.05, 0) is 12.8 Å². The van der Waals surface area contributed by atoms with Gasteiger partial charge in [-0.1, -0.05) is 6.92 Å². The summed E-state index contributed by atoms with van der Waals surface area (Å²) in [5.41, 5.74) is 0. The van der Waals surface area contributed by atoms with Crippen molar-refractivity contribution in [2.24, 2.45) is 0 Å². The van der Waals surface area contributed by atoms with Crippen molar-refractivity contribution < 1.29 is 19.4 Å². The van der Waals surface area contributed by atoms with E-state index in [1.165, 1.54) is 0 Å². The van der Waals surface area contributed by atoms with E-state index >= 15 is 0 Å². The molecule has 5 nitrogen and oxygen atoms in total. The van der Waals surface area contributed by atoms with Gasteiger partial charge in [0.25, 0.3) is 0 Å². The van der Waals surface area contributed by atoms with Crippen LogP contribution < -0.4 is 5.32 Å². The lowest BCUT2D eigenvalue weighted by Gasteiger charge is -2.02. The summed E-state index contributed by atoms with van der Waals surface area (Å²) < 4.78 is 5.13. The number of carboxylic acid groups (broad SMARTS) is 1. The van der Waals surface area contributed by atoms with Crippen LogP contribution in [0.4, 0.5) is 0 Å². The predicted octanol–water partition coefficient (Wildman–Crippen LogP) is 0.00390. The van der Waals surface area contributed by atoms with Gasteiger partial charge in [0.2, 0.25) is 0 Å². The van der Waals surface area contributed by atoms with Crippen LogP contribution in [0.3, 0.4) is 0 Å². The van der Waals surface area contributed by atoms with Gasteiger partial charge in [0.15, 0.2) is 0 Å². The van der Waals surface area contributed by atoms with Gasteiger partial charge >= 0.3 is 11.9 Å². The average molecular weight is 189 g/mol. The lowest BCUT2D eigenvalue weighted by atomic mass is 10.4. The van der Waals surface area contributed by atoms with Gasteiger partial charge in [-0.2, -0.15) is 0 Å². The normalized spacial score (nSPS) is 9.62. The van der Waals surface area contributed by atoms with E-state index in [0.29, 0.717) is 26.2 Å². The molecule has 5 heteroatoms. The first-order valence-electron chi connectivity index (χ1n) is 4.27. The highest BCUT2D eigenvalue weighted by atomic mass is 16.5. The van der Waals surface area contributed by atoms with Gasteiger partial charge in [-0.25, -0.2) is 4.79 Å². The Kier molecular flexibility index (Phi) is 6.91. The van der Waals surface area contributed by atoms with Crippen LogP contribution in [-0.2, 0) is 14.3 Å². The molecule has 0 aliphatic carbocycles. The highest BCUT2D eigenvalue weighted by molar-refractivity contribution is 6.31. The van der Waals surface area contributed by atoms with Crippen molar-refractivity contribution in [3.63, 3.8) is 0 Å². The maximum absolute atomic E-state index is 10.5. The van der Waals surface area contributed by atoms with Gasteiger partial charge in [0.1, 0.15) is 0 Å². The molecule has 76 valence electrons. The Bertz CT molecular complexity index is 170. The van der Waals surface area contributed by atoms with E-state index in [-0.39, 0.29) is 0 Å². The molecular weight excluding hydrogens is 174 g/mol. The van der Waals surface area contributed by atoms with Gasteiger partial charge in [-0.3, -0.25) is 4.79 Å². The number of carbonyl (C=O) groups is 2. The van der Waals surface area contributed by atoms with E-state index < -0.39 is 11.9 Å². The minimum absolute atomic E-state index is 0.342. The number of nitrogens with one attached hydrogen (secondary N) is 1. The van der Waals surface area contributed by atoms with E-state index in [1.807, 2.05) is 6.92 Å². The average Bonchev–Trinajstić information content (AvgIpc) is 2.10. The van der Waals surface area contributed by atoms with Crippen LogP contribution in [-0.4, -0.2) is 36.7 Å². The first kappa shape index (κ1) is 11.9. The molecule has 0 atom stereocenters. The van der Waals surface area contributed by atoms with Crippen LogP contribution in [0.25, 0.3) is 0 Å². The quantitative estimate of drug-likeness (QED) is 0.455. The molecule has 1 amide bonds. The minimum Gasteiger partial charge on any atom is -0.474 e. The molecule has 0 fully saturated rings. The third kappa shape index (κ3) is 7.27. The molecule has 13 heavy (non-hydrogen) atoms. The topological polar surface area (TPSA) is 75.6 Å².